The van der Waals surface area contributed by atoms with Gasteiger partial charge in [-0.25, -0.2) is 13.4 Å². The van der Waals surface area contributed by atoms with Crippen molar-refractivity contribution in [2.75, 3.05) is 24.7 Å². The fraction of sp³-hybridized carbons (Fsp3) is 0.615. The van der Waals surface area contributed by atoms with Crippen LogP contribution >= 0.6 is 0 Å². The van der Waals surface area contributed by atoms with Crippen molar-refractivity contribution in [3.63, 3.8) is 0 Å². The lowest BCUT2D eigenvalue weighted by Gasteiger charge is -2.22. The van der Waals surface area contributed by atoms with E-state index in [4.69, 9.17) is 0 Å². The predicted molar refractivity (Wildman–Crippen MR) is 74.0 cm³/mol. The molecule has 1 aromatic heterocycles. The third-order valence-electron chi connectivity index (χ3n) is 4.10. The normalized spacial score (nSPS) is 27.4. The Hall–Kier alpha value is -1.14. The van der Waals surface area contributed by atoms with E-state index < -0.39 is 9.84 Å². The molecule has 1 aromatic rings. The van der Waals surface area contributed by atoms with Gasteiger partial charge in [0.2, 0.25) is 0 Å². The van der Waals surface area contributed by atoms with Gasteiger partial charge in [0, 0.05) is 31.1 Å². The van der Waals surface area contributed by atoms with E-state index in [0.717, 1.165) is 13.0 Å². The molecule has 1 N–H and O–H groups in total. The number of rotatable bonds is 3. The summed E-state index contributed by atoms with van der Waals surface area (Å²) in [6, 6.07) is 4.14. The van der Waals surface area contributed by atoms with Crippen LogP contribution in [0, 0.1) is 0 Å². The Labute approximate surface area is 113 Å². The maximum atomic E-state index is 11.8. The average Bonchev–Trinajstić information content (AvgIpc) is 2.93. The van der Waals surface area contributed by atoms with Gasteiger partial charge in [0.15, 0.2) is 9.84 Å². The maximum Gasteiger partial charge on any atom is 0.179 e. The summed E-state index contributed by atoms with van der Waals surface area (Å²) in [5.41, 5.74) is 0. The molecule has 0 amide bonds. The standard InChI is InChI=1S/C13H19N3O2S/c1-19(17,18)12-5-2-7-14-13(12)15-10-6-9-16-8-3-4-11(10)16/h2,5,7,10-11H,3-4,6,8-9H2,1H3,(H,14,15). The number of nitrogens with one attached hydrogen (secondary N) is 1. The average molecular weight is 281 g/mol. The van der Waals surface area contributed by atoms with Crippen LogP contribution in [-0.4, -0.2) is 49.7 Å². The van der Waals surface area contributed by atoms with E-state index in [9.17, 15) is 8.42 Å². The summed E-state index contributed by atoms with van der Waals surface area (Å²) in [7, 11) is -3.24. The maximum absolute atomic E-state index is 11.8. The number of pyridine rings is 1. The fourth-order valence-electron chi connectivity index (χ4n) is 3.22. The molecular formula is C13H19N3O2S. The van der Waals surface area contributed by atoms with Gasteiger partial charge in [-0.1, -0.05) is 0 Å². The summed E-state index contributed by atoms with van der Waals surface area (Å²) in [6.07, 6.45) is 6.36. The Morgan fingerprint density at radius 1 is 1.37 bits per heavy atom. The third-order valence-corrected chi connectivity index (χ3v) is 5.23. The van der Waals surface area contributed by atoms with Crippen molar-refractivity contribution in [3.8, 4) is 0 Å². The molecule has 19 heavy (non-hydrogen) atoms. The molecule has 3 rings (SSSR count). The topological polar surface area (TPSA) is 62.3 Å². The van der Waals surface area contributed by atoms with Crippen LogP contribution in [0.2, 0.25) is 0 Å². The number of sulfone groups is 1. The Morgan fingerprint density at radius 3 is 3.00 bits per heavy atom. The number of aromatic nitrogens is 1. The number of anilines is 1. The third kappa shape index (κ3) is 2.47. The second kappa shape index (κ2) is 4.76. The number of hydrogen-bond donors (Lipinski definition) is 1. The molecule has 6 heteroatoms. The van der Waals surface area contributed by atoms with Crippen LogP contribution < -0.4 is 5.32 Å². The molecule has 0 aromatic carbocycles. The highest BCUT2D eigenvalue weighted by molar-refractivity contribution is 7.90. The van der Waals surface area contributed by atoms with Crippen molar-refractivity contribution in [2.45, 2.75) is 36.2 Å². The minimum atomic E-state index is -3.24. The largest absolute Gasteiger partial charge is 0.365 e. The van der Waals surface area contributed by atoms with E-state index in [1.54, 1.807) is 18.3 Å². The van der Waals surface area contributed by atoms with Gasteiger partial charge in [-0.15, -0.1) is 0 Å². The van der Waals surface area contributed by atoms with Gasteiger partial charge in [-0.05, 0) is 37.9 Å². The molecule has 2 unspecified atom stereocenters. The number of nitrogens with zero attached hydrogens (tertiary/aromatic N) is 2. The first-order valence-corrected chi connectivity index (χ1v) is 8.60. The zero-order valence-corrected chi connectivity index (χ0v) is 11.9. The summed E-state index contributed by atoms with van der Waals surface area (Å²) in [4.78, 5) is 7.00. The molecule has 0 radical (unpaired) electrons. The molecule has 2 aliphatic rings. The summed E-state index contributed by atoms with van der Waals surface area (Å²) in [5.74, 6) is 0.503. The van der Waals surface area contributed by atoms with Crippen molar-refractivity contribution in [2.24, 2.45) is 0 Å². The molecule has 0 saturated carbocycles. The highest BCUT2D eigenvalue weighted by Crippen LogP contribution is 2.31. The second-order valence-electron chi connectivity index (χ2n) is 5.41. The molecule has 3 heterocycles. The van der Waals surface area contributed by atoms with Crippen molar-refractivity contribution in [1.29, 1.82) is 0 Å². The lowest BCUT2D eigenvalue weighted by atomic mass is 10.1. The van der Waals surface area contributed by atoms with Crippen LogP contribution in [0.15, 0.2) is 23.2 Å². The molecule has 0 aliphatic carbocycles. The minimum absolute atomic E-state index is 0.298. The van der Waals surface area contributed by atoms with Crippen molar-refractivity contribution in [1.82, 2.24) is 9.88 Å². The Bertz CT molecular complexity index is 573. The van der Waals surface area contributed by atoms with Gasteiger partial charge in [-0.3, -0.25) is 4.90 Å². The first-order valence-electron chi connectivity index (χ1n) is 6.71. The van der Waals surface area contributed by atoms with Crippen LogP contribution in [0.5, 0.6) is 0 Å². The van der Waals surface area contributed by atoms with E-state index in [1.807, 2.05) is 0 Å². The monoisotopic (exact) mass is 281 g/mol. The molecule has 2 saturated heterocycles. The van der Waals surface area contributed by atoms with Crippen LogP contribution in [0.1, 0.15) is 19.3 Å². The molecule has 2 aliphatic heterocycles. The first kappa shape index (κ1) is 12.9. The SMILES string of the molecule is CS(=O)(=O)c1cccnc1NC1CCN2CCCC12. The Morgan fingerprint density at radius 2 is 2.21 bits per heavy atom. The highest BCUT2D eigenvalue weighted by atomic mass is 32.2. The predicted octanol–water partition coefficient (Wildman–Crippen LogP) is 1.13. The molecule has 104 valence electrons. The molecule has 2 fully saturated rings. The van der Waals surface area contributed by atoms with E-state index in [0.29, 0.717) is 22.8 Å². The number of hydrogen-bond acceptors (Lipinski definition) is 5. The van der Waals surface area contributed by atoms with Gasteiger partial charge >= 0.3 is 0 Å². The molecule has 0 spiro atoms. The van der Waals surface area contributed by atoms with Gasteiger partial charge < -0.3 is 5.32 Å². The Balaban J connectivity index is 1.84. The summed E-state index contributed by atoms with van der Waals surface area (Å²) in [6.45, 7) is 2.27. The van der Waals surface area contributed by atoms with Gasteiger partial charge in [0.05, 0.1) is 0 Å². The first-order chi connectivity index (χ1) is 9.05. The van der Waals surface area contributed by atoms with Crippen LogP contribution in [0.3, 0.4) is 0 Å². The van der Waals surface area contributed by atoms with E-state index in [1.165, 1.54) is 25.6 Å². The van der Waals surface area contributed by atoms with Crippen molar-refractivity contribution >= 4 is 15.7 Å². The minimum Gasteiger partial charge on any atom is -0.365 e. The van der Waals surface area contributed by atoms with Gasteiger partial charge in [0.1, 0.15) is 10.7 Å². The van der Waals surface area contributed by atoms with E-state index in [-0.39, 0.29) is 0 Å². The van der Waals surface area contributed by atoms with E-state index in [2.05, 4.69) is 15.2 Å². The van der Waals surface area contributed by atoms with Crippen molar-refractivity contribution in [3.05, 3.63) is 18.3 Å². The highest BCUT2D eigenvalue weighted by Gasteiger charge is 2.37. The van der Waals surface area contributed by atoms with Crippen LogP contribution in [0.4, 0.5) is 5.82 Å². The summed E-state index contributed by atoms with van der Waals surface area (Å²) >= 11 is 0. The molecule has 2 atom stereocenters. The van der Waals surface area contributed by atoms with Crippen LogP contribution in [-0.2, 0) is 9.84 Å². The second-order valence-corrected chi connectivity index (χ2v) is 7.39. The van der Waals surface area contributed by atoms with Crippen LogP contribution in [0.25, 0.3) is 0 Å². The van der Waals surface area contributed by atoms with Gasteiger partial charge in [0.25, 0.3) is 0 Å². The number of fused-ring (bicyclic) bond motifs is 1. The van der Waals surface area contributed by atoms with Gasteiger partial charge in [-0.2, -0.15) is 0 Å². The fourth-order valence-corrected chi connectivity index (χ4v) is 4.01. The summed E-state index contributed by atoms with van der Waals surface area (Å²) in [5, 5.41) is 3.36. The lowest BCUT2D eigenvalue weighted by molar-refractivity contribution is 0.318. The zero-order chi connectivity index (χ0) is 13.5. The summed E-state index contributed by atoms with van der Waals surface area (Å²) < 4.78 is 23.5. The van der Waals surface area contributed by atoms with Crippen molar-refractivity contribution < 1.29 is 8.42 Å². The van der Waals surface area contributed by atoms with E-state index >= 15 is 0 Å². The lowest BCUT2D eigenvalue weighted by Crippen LogP contribution is -2.34. The zero-order valence-electron chi connectivity index (χ0n) is 11.0. The smallest absolute Gasteiger partial charge is 0.179 e. The molecule has 5 nitrogen and oxygen atoms in total. The molecule has 0 bridgehead atoms. The quantitative estimate of drug-likeness (QED) is 0.900. The Kier molecular flexibility index (Phi) is 3.22. The molecular weight excluding hydrogens is 262 g/mol.